The molecule has 0 spiro atoms. The van der Waals surface area contributed by atoms with E-state index in [0.717, 1.165) is 128 Å². The maximum Gasteiger partial charge on any atom is 0.270 e. The molecule has 9 nitrogen and oxygen atoms in total. The molecule has 0 atom stereocenters. The van der Waals surface area contributed by atoms with Crippen LogP contribution in [-0.4, -0.2) is 93.3 Å². The third kappa shape index (κ3) is 11.8. The van der Waals surface area contributed by atoms with Crippen LogP contribution in [0.1, 0.15) is 49.7 Å². The molecule has 0 radical (unpaired) electrons. The predicted octanol–water partition coefficient (Wildman–Crippen LogP) is 1.93. The third-order valence-corrected chi connectivity index (χ3v) is 6.79. The maximum absolute atomic E-state index is 11.7. The zero-order valence-electron chi connectivity index (χ0n) is 21.5. The fourth-order valence-corrected chi connectivity index (χ4v) is 4.97. The molecular formula is C26H47N7O2. The van der Waals surface area contributed by atoms with Gasteiger partial charge in [0.2, 0.25) is 0 Å². The first-order chi connectivity index (χ1) is 17.2. The summed E-state index contributed by atoms with van der Waals surface area (Å²) in [6, 6.07) is 5.76. The molecule has 4 N–H and O–H groups in total. The summed E-state index contributed by atoms with van der Waals surface area (Å²) in [6.07, 6.45) is 6.75. The van der Waals surface area contributed by atoms with Gasteiger partial charge in [-0.1, -0.05) is 6.07 Å². The van der Waals surface area contributed by atoms with Gasteiger partial charge in [-0.2, -0.15) is 0 Å². The van der Waals surface area contributed by atoms with Crippen LogP contribution >= 0.6 is 0 Å². The van der Waals surface area contributed by atoms with E-state index in [1.165, 1.54) is 12.8 Å². The highest BCUT2D eigenvalue weighted by molar-refractivity contribution is 5.39. The molecule has 0 bridgehead atoms. The molecule has 0 saturated carbocycles. The number of nitrogens with zero attached hydrogens (tertiary/aromatic N) is 3. The second-order valence-electron chi connectivity index (χ2n) is 9.94. The second-order valence-corrected chi connectivity index (χ2v) is 9.94. The van der Waals surface area contributed by atoms with Crippen molar-refractivity contribution in [1.29, 1.82) is 0 Å². The summed E-state index contributed by atoms with van der Waals surface area (Å²) in [7, 11) is 0. The quantitative estimate of drug-likeness (QED) is 0.368. The average Bonchev–Trinajstić information content (AvgIpc) is 2.82. The van der Waals surface area contributed by atoms with Crippen LogP contribution in [0.3, 0.4) is 0 Å². The van der Waals surface area contributed by atoms with Gasteiger partial charge in [-0.15, -0.1) is 0 Å². The van der Waals surface area contributed by atoms with Crippen LogP contribution in [0.2, 0.25) is 0 Å². The van der Waals surface area contributed by atoms with Crippen molar-refractivity contribution in [2.24, 2.45) is 0 Å². The number of hydrogen-bond donors (Lipinski definition) is 4. The highest BCUT2D eigenvalue weighted by atomic mass is 16.6. The number of nitrogens with one attached hydrogen (secondary N) is 4. The van der Waals surface area contributed by atoms with Gasteiger partial charge in [0.1, 0.15) is 0 Å². The maximum atomic E-state index is 11.7. The lowest BCUT2D eigenvalue weighted by Crippen LogP contribution is -2.33. The van der Waals surface area contributed by atoms with Gasteiger partial charge < -0.3 is 21.3 Å². The molecule has 2 heterocycles. The van der Waals surface area contributed by atoms with Crippen LogP contribution in [0.25, 0.3) is 0 Å². The Balaban J connectivity index is 1.65. The summed E-state index contributed by atoms with van der Waals surface area (Å²) in [5.41, 5.74) is 2.33. The first-order valence-electron chi connectivity index (χ1n) is 13.8. The van der Waals surface area contributed by atoms with E-state index in [9.17, 15) is 10.1 Å². The van der Waals surface area contributed by atoms with E-state index < -0.39 is 0 Å². The van der Waals surface area contributed by atoms with Crippen molar-refractivity contribution in [2.75, 3.05) is 78.5 Å². The molecule has 198 valence electrons. The van der Waals surface area contributed by atoms with Gasteiger partial charge in [0, 0.05) is 25.2 Å². The van der Waals surface area contributed by atoms with E-state index in [0.29, 0.717) is 0 Å². The monoisotopic (exact) mass is 489 g/mol. The second kappa shape index (κ2) is 16.9. The van der Waals surface area contributed by atoms with E-state index in [-0.39, 0.29) is 10.6 Å². The Labute approximate surface area is 211 Å². The van der Waals surface area contributed by atoms with Gasteiger partial charge in [-0.05, 0) is 128 Å². The summed E-state index contributed by atoms with van der Waals surface area (Å²) in [6.45, 7) is 13.9. The molecule has 0 amide bonds. The summed E-state index contributed by atoms with van der Waals surface area (Å²) >= 11 is 0. The Hall–Kier alpha value is -1.62. The van der Waals surface area contributed by atoms with Crippen molar-refractivity contribution in [2.45, 2.75) is 51.6 Å². The minimum Gasteiger partial charge on any atom is -0.317 e. The highest BCUT2D eigenvalue weighted by Gasteiger charge is 2.15. The largest absolute Gasteiger partial charge is 0.317 e. The SMILES string of the molecule is O=[N+]([O-])c1cc(CN2CCCNCCCNCCC2)cc(CN2CCCNCCCNCCC2)c1. The first kappa shape index (κ1) is 28.0. The van der Waals surface area contributed by atoms with E-state index in [2.05, 4.69) is 37.1 Å². The average molecular weight is 490 g/mol. The lowest BCUT2D eigenvalue weighted by molar-refractivity contribution is -0.385. The molecule has 0 aromatic heterocycles. The number of nitro benzene ring substituents is 1. The van der Waals surface area contributed by atoms with Crippen LogP contribution in [0.5, 0.6) is 0 Å². The van der Waals surface area contributed by atoms with E-state index in [4.69, 9.17) is 0 Å². The van der Waals surface area contributed by atoms with Gasteiger partial charge in [0.05, 0.1) is 4.92 Å². The smallest absolute Gasteiger partial charge is 0.270 e. The zero-order valence-corrected chi connectivity index (χ0v) is 21.5. The standard InChI is InChI=1S/C26H47N7O2/c34-33(35)26-20-24(22-31-15-3-11-27-7-1-8-28-12-4-16-31)19-25(21-26)23-32-17-5-13-29-9-2-10-30-14-6-18-32/h19-21,27-30H,1-18,22-23H2. The van der Waals surface area contributed by atoms with Gasteiger partial charge in [0.25, 0.3) is 5.69 Å². The Morgan fingerprint density at radius 1 is 0.600 bits per heavy atom. The Morgan fingerprint density at radius 3 is 1.29 bits per heavy atom. The summed E-state index contributed by atoms with van der Waals surface area (Å²) in [4.78, 5) is 16.4. The number of non-ortho nitro benzene ring substituents is 1. The number of benzene rings is 1. The summed E-state index contributed by atoms with van der Waals surface area (Å²) < 4.78 is 0. The topological polar surface area (TPSA) is 97.7 Å². The minimum atomic E-state index is -0.235. The van der Waals surface area contributed by atoms with Crippen LogP contribution < -0.4 is 21.3 Å². The first-order valence-corrected chi connectivity index (χ1v) is 13.8. The molecule has 2 aliphatic rings. The van der Waals surface area contributed by atoms with Gasteiger partial charge in [-0.3, -0.25) is 19.9 Å². The van der Waals surface area contributed by atoms with Crippen molar-refractivity contribution in [3.05, 3.63) is 39.4 Å². The lowest BCUT2D eigenvalue weighted by Gasteiger charge is -2.25. The molecule has 1 aromatic rings. The number of rotatable bonds is 5. The van der Waals surface area contributed by atoms with E-state index in [1.54, 1.807) is 12.1 Å². The number of hydrogen-bond acceptors (Lipinski definition) is 8. The van der Waals surface area contributed by atoms with Crippen molar-refractivity contribution >= 4 is 5.69 Å². The third-order valence-electron chi connectivity index (χ3n) is 6.79. The molecule has 1 aromatic carbocycles. The van der Waals surface area contributed by atoms with Crippen LogP contribution in [0.15, 0.2) is 18.2 Å². The van der Waals surface area contributed by atoms with Crippen molar-refractivity contribution < 1.29 is 4.92 Å². The van der Waals surface area contributed by atoms with Crippen LogP contribution in [-0.2, 0) is 13.1 Å². The van der Waals surface area contributed by atoms with Gasteiger partial charge >= 0.3 is 0 Å². The molecule has 0 unspecified atom stereocenters. The van der Waals surface area contributed by atoms with Gasteiger partial charge in [0.15, 0.2) is 0 Å². The summed E-state index contributed by atoms with van der Waals surface area (Å²) in [5.74, 6) is 0. The normalized spacial score (nSPS) is 21.7. The van der Waals surface area contributed by atoms with Crippen molar-refractivity contribution in [3.8, 4) is 0 Å². The molecule has 3 rings (SSSR count). The predicted molar refractivity (Wildman–Crippen MR) is 143 cm³/mol. The lowest BCUT2D eigenvalue weighted by atomic mass is 10.1. The van der Waals surface area contributed by atoms with Gasteiger partial charge in [-0.25, -0.2) is 0 Å². The molecule has 35 heavy (non-hydrogen) atoms. The van der Waals surface area contributed by atoms with Crippen LogP contribution in [0.4, 0.5) is 5.69 Å². The van der Waals surface area contributed by atoms with E-state index >= 15 is 0 Å². The van der Waals surface area contributed by atoms with Crippen molar-refractivity contribution in [1.82, 2.24) is 31.1 Å². The molecule has 2 aliphatic heterocycles. The Kier molecular flexibility index (Phi) is 13.5. The number of nitro groups is 1. The zero-order chi connectivity index (χ0) is 24.6. The fourth-order valence-electron chi connectivity index (χ4n) is 4.97. The van der Waals surface area contributed by atoms with Crippen molar-refractivity contribution in [3.63, 3.8) is 0 Å². The van der Waals surface area contributed by atoms with Crippen LogP contribution in [0, 0.1) is 10.1 Å². The minimum absolute atomic E-state index is 0.216. The molecular weight excluding hydrogens is 442 g/mol. The molecule has 2 fully saturated rings. The molecule has 9 heteroatoms. The van der Waals surface area contributed by atoms with E-state index in [1.807, 2.05) is 0 Å². The Bertz CT molecular complexity index is 659. The highest BCUT2D eigenvalue weighted by Crippen LogP contribution is 2.21. The molecule has 0 aliphatic carbocycles. The Morgan fingerprint density at radius 2 is 0.943 bits per heavy atom. The summed E-state index contributed by atoms with van der Waals surface area (Å²) in [5, 5.41) is 25.8. The molecule has 2 saturated heterocycles. The fraction of sp³-hybridized carbons (Fsp3) is 0.769.